The highest BCUT2D eigenvalue weighted by molar-refractivity contribution is 5.77. The Bertz CT molecular complexity index is 322. The van der Waals surface area contributed by atoms with E-state index in [1.165, 1.54) is 0 Å². The van der Waals surface area contributed by atoms with Crippen molar-refractivity contribution in [3.63, 3.8) is 0 Å². The molecule has 0 aromatic rings. The smallest absolute Gasteiger partial charge is 0.317 e. The summed E-state index contributed by atoms with van der Waals surface area (Å²) >= 11 is 0. The molecule has 2 N–H and O–H groups in total. The van der Waals surface area contributed by atoms with E-state index in [2.05, 4.69) is 12.2 Å². The molecule has 0 bridgehead atoms. The molecule has 6 heteroatoms. The highest BCUT2D eigenvalue weighted by atomic mass is 16.5. The van der Waals surface area contributed by atoms with E-state index in [0.717, 1.165) is 12.8 Å². The van der Waals surface area contributed by atoms with E-state index >= 15 is 0 Å². The van der Waals surface area contributed by atoms with Crippen molar-refractivity contribution >= 4 is 12.0 Å². The van der Waals surface area contributed by atoms with Gasteiger partial charge in [-0.2, -0.15) is 0 Å². The van der Waals surface area contributed by atoms with Crippen LogP contribution in [0.4, 0.5) is 4.79 Å². The molecule has 1 rings (SSSR count). The fraction of sp³-hybridized carbons (Fsp3) is 0.846. The summed E-state index contributed by atoms with van der Waals surface area (Å²) in [4.78, 5) is 24.9. The zero-order chi connectivity index (χ0) is 14.4. The fourth-order valence-electron chi connectivity index (χ4n) is 2.41. The number of nitrogens with one attached hydrogen (secondary N) is 1. The number of urea groups is 1. The average molecular weight is 272 g/mol. The molecule has 2 amide bonds. The van der Waals surface area contributed by atoms with Gasteiger partial charge in [0.25, 0.3) is 0 Å². The number of carboxylic acid groups (broad SMARTS) is 1. The van der Waals surface area contributed by atoms with Gasteiger partial charge in [-0.05, 0) is 20.3 Å². The number of carboxylic acids is 1. The first-order chi connectivity index (χ1) is 9.01. The number of carbonyl (C=O) groups excluding carboxylic acids is 1. The monoisotopic (exact) mass is 272 g/mol. The van der Waals surface area contributed by atoms with E-state index in [9.17, 15) is 9.59 Å². The maximum atomic E-state index is 12.2. The van der Waals surface area contributed by atoms with Gasteiger partial charge in [-0.3, -0.25) is 4.79 Å². The first kappa shape index (κ1) is 15.8. The summed E-state index contributed by atoms with van der Waals surface area (Å²) in [6.07, 6.45) is 1.91. The quantitative estimate of drug-likeness (QED) is 0.764. The van der Waals surface area contributed by atoms with Gasteiger partial charge in [0.15, 0.2) is 0 Å². The predicted molar refractivity (Wildman–Crippen MR) is 71.0 cm³/mol. The summed E-state index contributed by atoms with van der Waals surface area (Å²) in [5.74, 6) is -1.54. The molecule has 0 aliphatic carbocycles. The number of hydrogen-bond donors (Lipinski definition) is 2. The van der Waals surface area contributed by atoms with Gasteiger partial charge >= 0.3 is 12.0 Å². The third kappa shape index (κ3) is 4.09. The minimum atomic E-state index is -0.907. The number of hydrogen-bond acceptors (Lipinski definition) is 3. The summed E-state index contributed by atoms with van der Waals surface area (Å²) in [7, 11) is 0. The minimum absolute atomic E-state index is 0.0946. The number of amides is 2. The van der Waals surface area contributed by atoms with Crippen molar-refractivity contribution in [1.29, 1.82) is 0 Å². The summed E-state index contributed by atoms with van der Waals surface area (Å²) < 4.78 is 5.21. The second kappa shape index (κ2) is 7.33. The molecule has 0 aromatic carbocycles. The van der Waals surface area contributed by atoms with Crippen molar-refractivity contribution in [1.82, 2.24) is 10.2 Å². The molecule has 1 aliphatic rings. The van der Waals surface area contributed by atoms with E-state index in [0.29, 0.717) is 13.2 Å². The minimum Gasteiger partial charge on any atom is -0.481 e. The first-order valence-corrected chi connectivity index (χ1v) is 6.88. The lowest BCUT2D eigenvalue weighted by molar-refractivity contribution is -0.142. The predicted octanol–water partition coefficient (Wildman–Crippen LogP) is 1.31. The maximum absolute atomic E-state index is 12.2. The third-order valence-corrected chi connectivity index (χ3v) is 3.46. The molecule has 1 fully saturated rings. The zero-order valence-corrected chi connectivity index (χ0v) is 11.9. The first-order valence-electron chi connectivity index (χ1n) is 6.88. The zero-order valence-electron chi connectivity index (χ0n) is 11.9. The molecular formula is C13H24N2O4. The van der Waals surface area contributed by atoms with Gasteiger partial charge in [-0.25, -0.2) is 4.79 Å². The van der Waals surface area contributed by atoms with Crippen LogP contribution in [0.2, 0.25) is 0 Å². The Morgan fingerprint density at radius 1 is 1.42 bits per heavy atom. The van der Waals surface area contributed by atoms with E-state index in [1.807, 2.05) is 13.8 Å². The molecule has 3 unspecified atom stereocenters. The van der Waals surface area contributed by atoms with Crippen LogP contribution in [-0.2, 0) is 9.53 Å². The van der Waals surface area contributed by atoms with Crippen molar-refractivity contribution < 1.29 is 19.4 Å². The Labute approximate surface area is 114 Å². The Morgan fingerprint density at radius 2 is 2.11 bits per heavy atom. The van der Waals surface area contributed by atoms with Crippen molar-refractivity contribution in [2.75, 3.05) is 19.8 Å². The number of rotatable bonds is 6. The van der Waals surface area contributed by atoms with Crippen LogP contribution < -0.4 is 5.32 Å². The van der Waals surface area contributed by atoms with Crippen LogP contribution in [0.1, 0.15) is 33.6 Å². The summed E-state index contributed by atoms with van der Waals surface area (Å²) in [5.41, 5.74) is 0. The Kier molecular flexibility index (Phi) is 6.08. The largest absolute Gasteiger partial charge is 0.481 e. The number of carbonyl (C=O) groups is 2. The molecular weight excluding hydrogens is 248 g/mol. The Balaban J connectivity index is 2.66. The Morgan fingerprint density at radius 3 is 2.63 bits per heavy atom. The van der Waals surface area contributed by atoms with Gasteiger partial charge in [0, 0.05) is 12.6 Å². The van der Waals surface area contributed by atoms with Crippen LogP contribution in [0.25, 0.3) is 0 Å². The second-order valence-corrected chi connectivity index (χ2v) is 4.97. The number of nitrogens with zero attached hydrogens (tertiary/aromatic N) is 1. The molecule has 1 aliphatic heterocycles. The summed E-state index contributed by atoms with van der Waals surface area (Å²) in [6, 6.07) is -0.487. The van der Waals surface area contributed by atoms with E-state index in [-0.39, 0.29) is 24.7 Å². The van der Waals surface area contributed by atoms with Crippen molar-refractivity contribution in [2.24, 2.45) is 5.92 Å². The molecule has 110 valence electrons. The van der Waals surface area contributed by atoms with Crippen LogP contribution in [0.3, 0.4) is 0 Å². The van der Waals surface area contributed by atoms with Crippen molar-refractivity contribution in [2.45, 2.75) is 45.7 Å². The van der Waals surface area contributed by atoms with Gasteiger partial charge in [0.05, 0.1) is 19.3 Å². The highest BCUT2D eigenvalue weighted by Gasteiger charge is 2.39. The van der Waals surface area contributed by atoms with Crippen LogP contribution in [0.15, 0.2) is 0 Å². The van der Waals surface area contributed by atoms with Crippen molar-refractivity contribution in [3.05, 3.63) is 0 Å². The van der Waals surface area contributed by atoms with Gasteiger partial charge in [-0.15, -0.1) is 0 Å². The highest BCUT2D eigenvalue weighted by Crippen LogP contribution is 2.20. The molecule has 1 saturated heterocycles. The average Bonchev–Trinajstić information content (AvgIpc) is 2.79. The number of aliphatic carboxylic acids is 1. The molecule has 1 heterocycles. The topological polar surface area (TPSA) is 78.9 Å². The van der Waals surface area contributed by atoms with Gasteiger partial charge < -0.3 is 20.1 Å². The Hall–Kier alpha value is -1.30. The van der Waals surface area contributed by atoms with Crippen LogP contribution in [0, 0.1) is 5.92 Å². The lowest BCUT2D eigenvalue weighted by atomic mass is 10.0. The molecule has 6 nitrogen and oxygen atoms in total. The van der Waals surface area contributed by atoms with Gasteiger partial charge in [0.2, 0.25) is 0 Å². The number of likely N-dealkylation sites (N-methyl/N-ethyl adjacent to an activating group) is 1. The number of ether oxygens (including phenoxy) is 1. The molecule has 0 spiro atoms. The molecule has 0 saturated carbocycles. The fourth-order valence-corrected chi connectivity index (χ4v) is 2.41. The van der Waals surface area contributed by atoms with E-state index in [1.54, 1.807) is 4.90 Å². The summed E-state index contributed by atoms with van der Waals surface area (Å²) in [5, 5.41) is 12.0. The van der Waals surface area contributed by atoms with Crippen molar-refractivity contribution in [3.8, 4) is 0 Å². The van der Waals surface area contributed by atoms with E-state index < -0.39 is 11.9 Å². The standard InChI is InChI=1S/C13H24N2O4/c1-4-6-9(3)14-13(18)15(5-2)11-8-19-7-10(11)12(16)17/h9-11H,4-8H2,1-3H3,(H,14,18)(H,16,17). The molecule has 0 radical (unpaired) electrons. The maximum Gasteiger partial charge on any atom is 0.317 e. The SMILES string of the molecule is CCCC(C)NC(=O)N(CC)C1COCC1C(=O)O. The normalized spacial score (nSPS) is 23.9. The lowest BCUT2D eigenvalue weighted by Crippen LogP contribution is -2.52. The molecule has 0 aromatic heterocycles. The van der Waals surface area contributed by atoms with Gasteiger partial charge in [0.1, 0.15) is 5.92 Å². The molecule has 19 heavy (non-hydrogen) atoms. The van der Waals surface area contributed by atoms with E-state index in [4.69, 9.17) is 9.84 Å². The lowest BCUT2D eigenvalue weighted by Gasteiger charge is -2.30. The summed E-state index contributed by atoms with van der Waals surface area (Å²) in [6.45, 7) is 6.80. The second-order valence-electron chi connectivity index (χ2n) is 4.97. The van der Waals surface area contributed by atoms with Crippen LogP contribution >= 0.6 is 0 Å². The third-order valence-electron chi connectivity index (χ3n) is 3.46. The van der Waals surface area contributed by atoms with Gasteiger partial charge in [-0.1, -0.05) is 13.3 Å². The molecule has 3 atom stereocenters. The van der Waals surface area contributed by atoms with Crippen LogP contribution in [-0.4, -0.2) is 53.8 Å². The van der Waals surface area contributed by atoms with Crippen LogP contribution in [0.5, 0.6) is 0 Å².